The maximum atomic E-state index is 10.8. The summed E-state index contributed by atoms with van der Waals surface area (Å²) in [6.07, 6.45) is 3.95. The second-order valence-corrected chi connectivity index (χ2v) is 3.01. The summed E-state index contributed by atoms with van der Waals surface area (Å²) in [4.78, 5) is 10.8. The summed E-state index contributed by atoms with van der Waals surface area (Å²) in [5.41, 5.74) is 0. The Morgan fingerprint density at radius 2 is 2.58 bits per heavy atom. The fourth-order valence-corrected chi connectivity index (χ4v) is 1.42. The highest BCUT2D eigenvalue weighted by Gasteiger charge is 2.23. The van der Waals surface area contributed by atoms with Gasteiger partial charge >= 0.3 is 0 Å². The Labute approximate surface area is 72.8 Å². The predicted molar refractivity (Wildman–Crippen MR) is 46.8 cm³/mol. The van der Waals surface area contributed by atoms with Gasteiger partial charge in [-0.2, -0.15) is 0 Å². The maximum Gasteiger partial charge on any atom is 0.217 e. The van der Waals surface area contributed by atoms with Crippen LogP contribution in [-0.4, -0.2) is 24.7 Å². The van der Waals surface area contributed by atoms with Gasteiger partial charge in [-0.05, 0) is 12.8 Å². The molecule has 1 saturated heterocycles. The zero-order valence-corrected chi connectivity index (χ0v) is 7.38. The summed E-state index contributed by atoms with van der Waals surface area (Å²) in [6.45, 7) is 5.97. The summed E-state index contributed by atoms with van der Waals surface area (Å²) >= 11 is 0. The number of carbonyl (C=O) groups is 1. The fourth-order valence-electron chi connectivity index (χ4n) is 1.42. The Hall–Kier alpha value is -0.830. The van der Waals surface area contributed by atoms with Crippen LogP contribution in [0.5, 0.6) is 0 Å². The number of carbonyl (C=O) groups excluding carboxylic acids is 1. The van der Waals surface area contributed by atoms with E-state index in [0.29, 0.717) is 0 Å². The van der Waals surface area contributed by atoms with Crippen LogP contribution in [-0.2, 0) is 9.53 Å². The van der Waals surface area contributed by atoms with Gasteiger partial charge in [-0.1, -0.05) is 6.08 Å². The van der Waals surface area contributed by atoms with Crippen molar-refractivity contribution in [1.29, 1.82) is 0 Å². The van der Waals surface area contributed by atoms with Crippen LogP contribution in [0.15, 0.2) is 12.7 Å². The molecule has 0 aromatic heterocycles. The second-order valence-electron chi connectivity index (χ2n) is 3.01. The lowest BCUT2D eigenvalue weighted by Gasteiger charge is -2.19. The number of amides is 1. The molecule has 0 unspecified atom stereocenters. The number of ether oxygens (including phenoxy) is 1. The van der Waals surface area contributed by atoms with Crippen molar-refractivity contribution in [3.63, 3.8) is 0 Å². The molecule has 3 nitrogen and oxygen atoms in total. The largest absolute Gasteiger partial charge is 0.376 e. The number of nitrogens with one attached hydrogen (secondary N) is 1. The van der Waals surface area contributed by atoms with E-state index in [1.807, 2.05) is 0 Å². The first-order valence-electron chi connectivity index (χ1n) is 4.25. The molecule has 1 amide bonds. The predicted octanol–water partition coefficient (Wildman–Crippen LogP) is 0.856. The van der Waals surface area contributed by atoms with Gasteiger partial charge in [0.2, 0.25) is 5.91 Å². The van der Waals surface area contributed by atoms with Gasteiger partial charge in [0.05, 0.1) is 12.1 Å². The third-order valence-corrected chi connectivity index (χ3v) is 1.99. The molecule has 1 aliphatic rings. The average Bonchev–Trinajstić information content (AvgIpc) is 2.51. The molecule has 0 aliphatic carbocycles. The third kappa shape index (κ3) is 2.34. The highest BCUT2D eigenvalue weighted by Crippen LogP contribution is 2.15. The van der Waals surface area contributed by atoms with Crippen LogP contribution < -0.4 is 5.32 Å². The first-order chi connectivity index (χ1) is 5.74. The summed E-state index contributed by atoms with van der Waals surface area (Å²) in [7, 11) is 0. The van der Waals surface area contributed by atoms with Crippen LogP contribution in [0.4, 0.5) is 0 Å². The van der Waals surface area contributed by atoms with E-state index in [9.17, 15) is 4.79 Å². The monoisotopic (exact) mass is 169 g/mol. The number of hydrogen-bond acceptors (Lipinski definition) is 2. The van der Waals surface area contributed by atoms with Crippen molar-refractivity contribution in [1.82, 2.24) is 5.32 Å². The molecular weight excluding hydrogens is 154 g/mol. The number of rotatable bonds is 3. The van der Waals surface area contributed by atoms with E-state index in [2.05, 4.69) is 11.9 Å². The van der Waals surface area contributed by atoms with Crippen molar-refractivity contribution in [2.45, 2.75) is 31.9 Å². The Morgan fingerprint density at radius 1 is 1.83 bits per heavy atom. The van der Waals surface area contributed by atoms with Gasteiger partial charge in [-0.25, -0.2) is 0 Å². The molecule has 12 heavy (non-hydrogen) atoms. The van der Waals surface area contributed by atoms with Crippen LogP contribution in [0.2, 0.25) is 0 Å². The van der Waals surface area contributed by atoms with Crippen molar-refractivity contribution in [2.75, 3.05) is 6.61 Å². The topological polar surface area (TPSA) is 38.3 Å². The van der Waals surface area contributed by atoms with Gasteiger partial charge in [0.25, 0.3) is 0 Å². The second kappa shape index (κ2) is 4.26. The molecule has 3 heteroatoms. The van der Waals surface area contributed by atoms with Crippen LogP contribution in [0.1, 0.15) is 19.8 Å². The quantitative estimate of drug-likeness (QED) is 0.636. The summed E-state index contributed by atoms with van der Waals surface area (Å²) < 4.78 is 5.42. The van der Waals surface area contributed by atoms with Gasteiger partial charge in [0, 0.05) is 13.5 Å². The van der Waals surface area contributed by atoms with E-state index >= 15 is 0 Å². The highest BCUT2D eigenvalue weighted by atomic mass is 16.5. The van der Waals surface area contributed by atoms with Crippen LogP contribution in [0.3, 0.4) is 0 Å². The minimum absolute atomic E-state index is 0.0231. The third-order valence-electron chi connectivity index (χ3n) is 1.99. The standard InChI is InChI=1S/C9H15NO2/c1-3-8(10-7(2)11)9-5-4-6-12-9/h3,8-9H,1,4-6H2,2H3,(H,10,11)/t8-,9+/m1/s1. The molecule has 68 valence electrons. The van der Waals surface area contributed by atoms with Crippen molar-refractivity contribution in [3.8, 4) is 0 Å². The molecule has 0 bridgehead atoms. The van der Waals surface area contributed by atoms with Crippen molar-refractivity contribution >= 4 is 5.91 Å². The minimum atomic E-state index is -0.0320. The molecule has 0 radical (unpaired) electrons. The Balaban J connectivity index is 2.42. The van der Waals surface area contributed by atoms with Crippen molar-refractivity contribution in [3.05, 3.63) is 12.7 Å². The molecule has 0 spiro atoms. The number of hydrogen-bond donors (Lipinski definition) is 1. The summed E-state index contributed by atoms with van der Waals surface area (Å²) in [5, 5.41) is 2.79. The van der Waals surface area contributed by atoms with Crippen LogP contribution in [0, 0.1) is 0 Å². The van der Waals surface area contributed by atoms with Gasteiger partial charge < -0.3 is 10.1 Å². The van der Waals surface area contributed by atoms with E-state index in [1.54, 1.807) is 6.08 Å². The van der Waals surface area contributed by atoms with Crippen LogP contribution in [0.25, 0.3) is 0 Å². The minimum Gasteiger partial charge on any atom is -0.376 e. The van der Waals surface area contributed by atoms with Crippen LogP contribution >= 0.6 is 0 Å². The van der Waals surface area contributed by atoms with E-state index in [0.717, 1.165) is 19.4 Å². The highest BCUT2D eigenvalue weighted by molar-refractivity contribution is 5.73. The average molecular weight is 169 g/mol. The Morgan fingerprint density at radius 3 is 3.00 bits per heavy atom. The molecule has 1 rings (SSSR count). The van der Waals surface area contributed by atoms with E-state index in [4.69, 9.17) is 4.74 Å². The molecule has 1 aliphatic heterocycles. The Kier molecular flexibility index (Phi) is 3.29. The molecule has 0 aromatic rings. The van der Waals surface area contributed by atoms with Gasteiger partial charge in [-0.3, -0.25) is 4.79 Å². The lowest BCUT2D eigenvalue weighted by atomic mass is 10.1. The zero-order valence-electron chi connectivity index (χ0n) is 7.38. The molecule has 0 aromatic carbocycles. The van der Waals surface area contributed by atoms with E-state index in [-0.39, 0.29) is 18.1 Å². The first kappa shape index (κ1) is 9.26. The molecule has 1 fully saturated rings. The maximum absolute atomic E-state index is 10.8. The molecule has 2 atom stereocenters. The van der Waals surface area contributed by atoms with E-state index in [1.165, 1.54) is 6.92 Å². The zero-order chi connectivity index (χ0) is 8.97. The lowest BCUT2D eigenvalue weighted by Crippen LogP contribution is -2.40. The Bertz CT molecular complexity index is 173. The lowest BCUT2D eigenvalue weighted by molar-refractivity contribution is -0.120. The SMILES string of the molecule is C=C[C@@H](NC(C)=O)[C@@H]1CCCO1. The molecule has 1 heterocycles. The normalized spacial score (nSPS) is 24.9. The van der Waals surface area contributed by atoms with Gasteiger partial charge in [0.15, 0.2) is 0 Å². The molecule has 1 N–H and O–H groups in total. The van der Waals surface area contributed by atoms with Crippen molar-refractivity contribution in [2.24, 2.45) is 0 Å². The van der Waals surface area contributed by atoms with E-state index < -0.39 is 0 Å². The summed E-state index contributed by atoms with van der Waals surface area (Å²) in [6, 6.07) is -0.0231. The first-order valence-corrected chi connectivity index (χ1v) is 4.25. The molecular formula is C9H15NO2. The molecule has 0 saturated carbocycles. The summed E-state index contributed by atoms with van der Waals surface area (Å²) in [5.74, 6) is -0.0320. The van der Waals surface area contributed by atoms with Gasteiger partial charge in [-0.15, -0.1) is 6.58 Å². The fraction of sp³-hybridized carbons (Fsp3) is 0.667. The smallest absolute Gasteiger partial charge is 0.217 e. The van der Waals surface area contributed by atoms with Gasteiger partial charge in [0.1, 0.15) is 0 Å². The van der Waals surface area contributed by atoms with Crippen molar-refractivity contribution < 1.29 is 9.53 Å².